The van der Waals surface area contributed by atoms with Crippen LogP contribution in [0.1, 0.15) is 55.2 Å². The highest BCUT2D eigenvalue weighted by Gasteiger charge is 2.45. The Morgan fingerprint density at radius 2 is 1.72 bits per heavy atom. The molecule has 4 heterocycles. The average molecular weight is 818 g/mol. The van der Waals surface area contributed by atoms with Crippen LogP contribution in [0.2, 0.25) is 0 Å². The normalized spacial score (nSPS) is 15.3. The first-order chi connectivity index (χ1) is 27.7. The number of nitrogens with one attached hydrogen (secondary N) is 4. The van der Waals surface area contributed by atoms with Crippen LogP contribution in [0.25, 0.3) is 21.5 Å². The van der Waals surface area contributed by atoms with E-state index >= 15 is 0 Å². The van der Waals surface area contributed by atoms with Crippen LogP contribution < -0.4 is 31.7 Å². The quantitative estimate of drug-likeness (QED) is 0.0621. The topological polar surface area (TPSA) is 202 Å². The van der Waals surface area contributed by atoms with Gasteiger partial charge in [-0.1, -0.05) is 6.07 Å². The average Bonchev–Trinajstić information content (AvgIpc) is 3.66. The zero-order chi connectivity index (χ0) is 41.3. The Labute approximate surface area is 329 Å². The lowest BCUT2D eigenvalue weighted by molar-refractivity contribution is -0.137. The van der Waals surface area contributed by atoms with E-state index in [1.165, 1.54) is 42.5 Å². The van der Waals surface area contributed by atoms with Gasteiger partial charge in [-0.3, -0.25) is 39.0 Å². The van der Waals surface area contributed by atoms with Crippen molar-refractivity contribution in [1.29, 1.82) is 0 Å². The molecule has 0 aliphatic carbocycles. The van der Waals surface area contributed by atoms with Gasteiger partial charge in [0.25, 0.3) is 23.6 Å². The Bertz CT molecular complexity index is 2490. The second-order valence-electron chi connectivity index (χ2n) is 13.2. The van der Waals surface area contributed by atoms with Gasteiger partial charge in [-0.15, -0.1) is 11.3 Å². The van der Waals surface area contributed by atoms with E-state index in [0.29, 0.717) is 35.6 Å². The van der Waals surface area contributed by atoms with Crippen molar-refractivity contribution in [2.24, 2.45) is 0 Å². The summed E-state index contributed by atoms with van der Waals surface area (Å²) in [6.07, 6.45) is -4.39. The Morgan fingerprint density at radius 1 is 0.983 bits per heavy atom. The van der Waals surface area contributed by atoms with Crippen LogP contribution in [0.4, 0.5) is 34.6 Å². The summed E-state index contributed by atoms with van der Waals surface area (Å²) in [5.41, 5.74) is 5.69. The Balaban J connectivity index is 0.924. The van der Waals surface area contributed by atoms with E-state index in [1.54, 1.807) is 12.1 Å². The number of fused-ring (bicyclic) bond motifs is 2. The molecule has 2 aliphatic rings. The monoisotopic (exact) mass is 817 g/mol. The summed E-state index contributed by atoms with van der Waals surface area (Å²) in [7, 11) is 0. The molecular formula is C39H31F4N7O7S. The highest BCUT2D eigenvalue weighted by molar-refractivity contribution is 7.21. The Kier molecular flexibility index (Phi) is 10.8. The molecule has 2 aliphatic heterocycles. The molecule has 0 bridgehead atoms. The number of amides is 6. The fraction of sp³-hybridized carbons (Fsp3) is 0.205. The highest BCUT2D eigenvalue weighted by Crippen LogP contribution is 2.44. The van der Waals surface area contributed by atoms with Gasteiger partial charge in [0.05, 0.1) is 28.1 Å². The van der Waals surface area contributed by atoms with Crippen molar-refractivity contribution in [3.63, 3.8) is 0 Å². The molecule has 58 heavy (non-hydrogen) atoms. The van der Waals surface area contributed by atoms with Gasteiger partial charge in [0.1, 0.15) is 27.3 Å². The molecule has 1 fully saturated rings. The Hall–Kier alpha value is -6.89. The number of imide groups is 2. The summed E-state index contributed by atoms with van der Waals surface area (Å²) in [5.74, 6) is -3.97. The molecule has 1 unspecified atom stereocenters. The minimum atomic E-state index is -4.84. The van der Waals surface area contributed by atoms with Crippen LogP contribution in [-0.4, -0.2) is 71.1 Å². The van der Waals surface area contributed by atoms with E-state index in [1.807, 2.05) is 0 Å². The molecule has 2 aromatic heterocycles. The maximum Gasteiger partial charge on any atom is 0.417 e. The number of hydrogen-bond acceptors (Lipinski definition) is 11. The fourth-order valence-electron chi connectivity index (χ4n) is 6.51. The largest absolute Gasteiger partial charge is 0.484 e. The van der Waals surface area contributed by atoms with Gasteiger partial charge in [0, 0.05) is 41.8 Å². The summed E-state index contributed by atoms with van der Waals surface area (Å²) in [6, 6.07) is 15.1. The predicted octanol–water partition coefficient (Wildman–Crippen LogP) is 5.35. The van der Waals surface area contributed by atoms with Crippen LogP contribution >= 0.6 is 11.3 Å². The first-order valence-electron chi connectivity index (χ1n) is 17.6. The summed E-state index contributed by atoms with van der Waals surface area (Å²) in [6.45, 7) is 0.153. The lowest BCUT2D eigenvalue weighted by atomic mass is 10.0. The number of piperidine rings is 1. The van der Waals surface area contributed by atoms with Crippen molar-refractivity contribution in [2.45, 2.75) is 31.5 Å². The van der Waals surface area contributed by atoms with E-state index in [9.17, 15) is 46.3 Å². The number of rotatable bonds is 12. The van der Waals surface area contributed by atoms with E-state index in [2.05, 4.69) is 26.3 Å². The molecule has 1 saturated heterocycles. The maximum atomic E-state index is 14.3. The van der Waals surface area contributed by atoms with Crippen LogP contribution in [0.3, 0.4) is 0 Å². The summed E-state index contributed by atoms with van der Waals surface area (Å²) in [4.78, 5) is 80.6. The van der Waals surface area contributed by atoms with Crippen LogP contribution in [0, 0.1) is 5.82 Å². The molecular weight excluding hydrogens is 787 g/mol. The van der Waals surface area contributed by atoms with Crippen molar-refractivity contribution < 1.29 is 51.1 Å². The minimum absolute atomic E-state index is 0.00335. The van der Waals surface area contributed by atoms with Gasteiger partial charge in [-0.25, -0.2) is 9.37 Å². The number of carbonyl (C=O) groups is 6. The molecule has 6 N–H and O–H groups in total. The molecule has 1 atom stereocenters. The smallest absolute Gasteiger partial charge is 0.417 e. The molecule has 14 nitrogen and oxygen atoms in total. The van der Waals surface area contributed by atoms with Crippen molar-refractivity contribution in [3.8, 4) is 17.0 Å². The number of alkyl halides is 3. The van der Waals surface area contributed by atoms with Crippen molar-refractivity contribution in [3.05, 3.63) is 100 Å². The number of thiophene rings is 1. The number of halogens is 4. The number of aromatic nitrogens is 1. The minimum Gasteiger partial charge on any atom is -0.484 e. The van der Waals surface area contributed by atoms with Gasteiger partial charge >= 0.3 is 6.18 Å². The first kappa shape index (κ1) is 39.3. The molecule has 0 radical (unpaired) electrons. The second kappa shape index (κ2) is 15.9. The third kappa shape index (κ3) is 8.01. The predicted molar refractivity (Wildman–Crippen MR) is 204 cm³/mol. The standard InChI is InChI=1S/C39H31F4N7O7S/c40-20-7-9-21(10-8-20)47-35(54)33-32(44)31-24(39(41,42)43)17-26(48-36(31)58-33)19-5-11-22(12-6-19)57-18-29(52)46-16-2-15-45-25-4-1-3-23-30(25)38(56)50(37(23)55)27-13-14-28(51)49-34(27)53/h1,3-12,17,27,45H,2,13-16,18,44H2,(H,46,52)(H,47,54)(H,49,51,53). The van der Waals surface area contributed by atoms with Gasteiger partial charge in [0.2, 0.25) is 11.8 Å². The summed E-state index contributed by atoms with van der Waals surface area (Å²) in [5, 5.41) is 10.0. The SMILES string of the molecule is Nc1c(C(=O)Nc2ccc(F)cc2)sc2nc(-c3ccc(OCC(=O)NCCCNc4cccc5c4C(=O)N(C4CCC(=O)NC4=O)C5=O)cc3)cc(C(F)(F)F)c12. The summed E-state index contributed by atoms with van der Waals surface area (Å²) < 4.78 is 61.7. The number of nitrogens with two attached hydrogens (primary N) is 1. The number of pyridine rings is 1. The number of hydrogen-bond donors (Lipinski definition) is 5. The van der Waals surface area contributed by atoms with Crippen LogP contribution in [0.5, 0.6) is 5.75 Å². The molecule has 0 saturated carbocycles. The lowest BCUT2D eigenvalue weighted by Crippen LogP contribution is -2.54. The molecule has 5 aromatic rings. The van der Waals surface area contributed by atoms with Crippen LogP contribution in [0.15, 0.2) is 72.8 Å². The number of benzene rings is 3. The Morgan fingerprint density at radius 3 is 2.43 bits per heavy atom. The molecule has 7 rings (SSSR count). The van der Waals surface area contributed by atoms with Crippen molar-refractivity contribution in [2.75, 3.05) is 36.1 Å². The van der Waals surface area contributed by atoms with Gasteiger partial charge < -0.3 is 26.4 Å². The zero-order valence-corrected chi connectivity index (χ0v) is 30.8. The van der Waals surface area contributed by atoms with Crippen molar-refractivity contribution >= 4 is 74.1 Å². The number of ether oxygens (including phenoxy) is 1. The zero-order valence-electron chi connectivity index (χ0n) is 30.0. The molecule has 0 spiro atoms. The molecule has 6 amide bonds. The van der Waals surface area contributed by atoms with E-state index in [-0.39, 0.29) is 64.0 Å². The fourth-order valence-corrected chi connectivity index (χ4v) is 7.52. The number of anilines is 3. The molecule has 3 aromatic carbocycles. The second-order valence-corrected chi connectivity index (χ2v) is 14.2. The van der Waals surface area contributed by atoms with Crippen LogP contribution in [-0.2, 0) is 20.6 Å². The van der Waals surface area contributed by atoms with Gasteiger partial charge in [-0.05, 0) is 79.6 Å². The van der Waals surface area contributed by atoms with Gasteiger partial charge in [0.15, 0.2) is 6.61 Å². The number of nitrogen functional groups attached to an aromatic ring is 1. The number of carbonyl (C=O) groups excluding carboxylic acids is 6. The lowest BCUT2D eigenvalue weighted by Gasteiger charge is -2.27. The summed E-state index contributed by atoms with van der Waals surface area (Å²) >= 11 is 0.682. The van der Waals surface area contributed by atoms with E-state index < -0.39 is 70.1 Å². The number of nitrogens with zero attached hydrogens (tertiary/aromatic N) is 2. The molecule has 19 heteroatoms. The first-order valence-corrected chi connectivity index (χ1v) is 18.5. The maximum absolute atomic E-state index is 14.3. The third-order valence-corrected chi connectivity index (χ3v) is 10.4. The van der Waals surface area contributed by atoms with E-state index in [4.69, 9.17) is 10.5 Å². The molecule has 298 valence electrons. The van der Waals surface area contributed by atoms with Crippen molar-refractivity contribution in [1.82, 2.24) is 20.5 Å². The third-order valence-electron chi connectivity index (χ3n) is 9.29. The highest BCUT2D eigenvalue weighted by atomic mass is 32.1. The van der Waals surface area contributed by atoms with E-state index in [0.717, 1.165) is 23.1 Å². The van der Waals surface area contributed by atoms with Gasteiger partial charge in [-0.2, -0.15) is 13.2 Å².